The number of hydrogen-bond acceptors (Lipinski definition) is 4. The van der Waals surface area contributed by atoms with E-state index in [-0.39, 0.29) is 22.4 Å². The highest BCUT2D eigenvalue weighted by molar-refractivity contribution is 9.10. The maximum absolute atomic E-state index is 12.5. The topological polar surface area (TPSA) is 57.6 Å². The Morgan fingerprint density at radius 2 is 1.88 bits per heavy atom. The summed E-state index contributed by atoms with van der Waals surface area (Å²) in [5, 5.41) is 10.3. The second-order valence-electron chi connectivity index (χ2n) is 5.22. The number of rotatable bonds is 3. The Balaban J connectivity index is 1.85. The monoisotopic (exact) mass is 457 g/mol. The van der Waals surface area contributed by atoms with Crippen LogP contribution in [0.25, 0.3) is 6.08 Å². The molecule has 0 aliphatic carbocycles. The van der Waals surface area contributed by atoms with Crippen molar-refractivity contribution in [3.05, 3.63) is 66.9 Å². The number of thioether (sulfide) groups is 1. The summed E-state index contributed by atoms with van der Waals surface area (Å²) >= 11 is 16.0. The zero-order chi connectivity index (χ0) is 18.1. The van der Waals surface area contributed by atoms with Crippen LogP contribution in [-0.4, -0.2) is 21.2 Å². The predicted octanol–water partition coefficient (Wildman–Crippen LogP) is 5.70. The minimum Gasteiger partial charge on any atom is -0.507 e. The van der Waals surface area contributed by atoms with Gasteiger partial charge >= 0.3 is 0 Å². The standard InChI is InChI=1S/C17H10BrCl2NO3S/c18-11-2-4-14(22)10(6-11)7-15-16(23)21(17(24)25-15)8-9-1-3-12(19)13(20)5-9/h1-7,22H,8H2/b15-7-. The summed E-state index contributed by atoms with van der Waals surface area (Å²) in [5.41, 5.74) is 1.15. The lowest BCUT2D eigenvalue weighted by Crippen LogP contribution is -2.27. The highest BCUT2D eigenvalue weighted by atomic mass is 79.9. The molecule has 0 saturated carbocycles. The molecule has 0 unspecified atom stereocenters. The molecule has 0 spiro atoms. The number of nitrogens with zero attached hydrogens (tertiary/aromatic N) is 1. The number of phenols is 1. The van der Waals surface area contributed by atoms with Gasteiger partial charge in [0.25, 0.3) is 11.1 Å². The number of carbonyl (C=O) groups is 2. The molecule has 8 heteroatoms. The number of imide groups is 1. The first kappa shape index (κ1) is 18.3. The summed E-state index contributed by atoms with van der Waals surface area (Å²) in [6.45, 7) is 0.101. The Morgan fingerprint density at radius 3 is 2.60 bits per heavy atom. The van der Waals surface area contributed by atoms with Crippen LogP contribution >= 0.6 is 50.9 Å². The lowest BCUT2D eigenvalue weighted by molar-refractivity contribution is -0.123. The summed E-state index contributed by atoms with van der Waals surface area (Å²) in [4.78, 5) is 26.1. The summed E-state index contributed by atoms with van der Waals surface area (Å²) in [6, 6.07) is 9.81. The molecule has 128 valence electrons. The Bertz CT molecular complexity index is 917. The van der Waals surface area contributed by atoms with Crippen LogP contribution in [0.3, 0.4) is 0 Å². The molecule has 3 rings (SSSR count). The van der Waals surface area contributed by atoms with Gasteiger partial charge in [0.15, 0.2) is 0 Å². The number of carbonyl (C=O) groups excluding carboxylic acids is 2. The van der Waals surface area contributed by atoms with Crippen molar-refractivity contribution in [2.24, 2.45) is 0 Å². The number of phenolic OH excluding ortho intramolecular Hbond substituents is 1. The molecule has 2 amide bonds. The van der Waals surface area contributed by atoms with E-state index in [9.17, 15) is 14.7 Å². The van der Waals surface area contributed by atoms with Crippen LogP contribution in [0.4, 0.5) is 4.79 Å². The predicted molar refractivity (Wildman–Crippen MR) is 104 cm³/mol. The minimum atomic E-state index is -0.416. The van der Waals surface area contributed by atoms with E-state index in [4.69, 9.17) is 23.2 Å². The minimum absolute atomic E-state index is 0.0273. The Kier molecular flexibility index (Phi) is 5.43. The normalized spacial score (nSPS) is 16.1. The van der Waals surface area contributed by atoms with Crippen molar-refractivity contribution in [1.82, 2.24) is 4.90 Å². The molecule has 25 heavy (non-hydrogen) atoms. The fraction of sp³-hybridized carbons (Fsp3) is 0.0588. The lowest BCUT2D eigenvalue weighted by atomic mass is 10.2. The maximum atomic E-state index is 12.5. The highest BCUT2D eigenvalue weighted by Gasteiger charge is 2.35. The van der Waals surface area contributed by atoms with Gasteiger partial charge in [0.05, 0.1) is 21.5 Å². The van der Waals surface area contributed by atoms with Crippen LogP contribution in [0.1, 0.15) is 11.1 Å². The van der Waals surface area contributed by atoms with Crippen LogP contribution < -0.4 is 0 Å². The second kappa shape index (κ2) is 7.41. The third kappa shape index (κ3) is 4.03. The number of halogens is 3. The van der Waals surface area contributed by atoms with Crippen molar-refractivity contribution in [2.45, 2.75) is 6.54 Å². The van der Waals surface area contributed by atoms with E-state index in [1.54, 1.807) is 30.3 Å². The molecule has 1 N–H and O–H groups in total. The smallest absolute Gasteiger partial charge is 0.293 e. The summed E-state index contributed by atoms with van der Waals surface area (Å²) in [7, 11) is 0. The van der Waals surface area contributed by atoms with Crippen LogP contribution in [-0.2, 0) is 11.3 Å². The van der Waals surface area contributed by atoms with E-state index in [0.717, 1.165) is 21.1 Å². The highest BCUT2D eigenvalue weighted by Crippen LogP contribution is 2.35. The molecular weight excluding hydrogens is 449 g/mol. The number of aromatic hydroxyl groups is 1. The summed E-state index contributed by atoms with van der Waals surface area (Å²) < 4.78 is 0.756. The van der Waals surface area contributed by atoms with E-state index in [2.05, 4.69) is 15.9 Å². The van der Waals surface area contributed by atoms with Crippen LogP contribution in [0.5, 0.6) is 5.75 Å². The van der Waals surface area contributed by atoms with Gasteiger partial charge < -0.3 is 5.11 Å². The van der Waals surface area contributed by atoms with E-state index in [1.165, 1.54) is 12.1 Å². The third-order valence-electron chi connectivity index (χ3n) is 3.47. The summed E-state index contributed by atoms with van der Waals surface area (Å²) in [5.74, 6) is -0.389. The van der Waals surface area contributed by atoms with Gasteiger partial charge in [0.1, 0.15) is 5.75 Å². The largest absolute Gasteiger partial charge is 0.507 e. The van der Waals surface area contributed by atoms with E-state index in [0.29, 0.717) is 21.2 Å². The second-order valence-corrected chi connectivity index (χ2v) is 7.94. The molecule has 1 aliphatic heterocycles. The molecule has 1 saturated heterocycles. The van der Waals surface area contributed by atoms with Gasteiger partial charge in [-0.25, -0.2) is 0 Å². The molecule has 1 heterocycles. The van der Waals surface area contributed by atoms with Crippen molar-refractivity contribution < 1.29 is 14.7 Å². The number of benzene rings is 2. The number of amides is 2. The van der Waals surface area contributed by atoms with Gasteiger partial charge in [0, 0.05) is 10.0 Å². The van der Waals surface area contributed by atoms with Crippen molar-refractivity contribution >= 4 is 68.1 Å². The van der Waals surface area contributed by atoms with Gasteiger partial charge in [-0.1, -0.05) is 45.2 Å². The zero-order valence-electron chi connectivity index (χ0n) is 12.5. The molecule has 2 aromatic rings. The molecule has 4 nitrogen and oxygen atoms in total. The van der Waals surface area contributed by atoms with E-state index < -0.39 is 5.91 Å². The molecule has 2 aromatic carbocycles. The Hall–Kier alpha value is -1.47. The zero-order valence-corrected chi connectivity index (χ0v) is 16.4. The molecule has 0 atom stereocenters. The average Bonchev–Trinajstić information content (AvgIpc) is 2.82. The Labute approximate surface area is 166 Å². The van der Waals surface area contributed by atoms with Crippen LogP contribution in [0.15, 0.2) is 45.8 Å². The molecule has 0 aromatic heterocycles. The summed E-state index contributed by atoms with van der Waals surface area (Å²) in [6.07, 6.45) is 1.50. The van der Waals surface area contributed by atoms with Crippen molar-refractivity contribution in [3.8, 4) is 5.75 Å². The first-order chi connectivity index (χ1) is 11.8. The van der Waals surface area contributed by atoms with Crippen molar-refractivity contribution in [2.75, 3.05) is 0 Å². The lowest BCUT2D eigenvalue weighted by Gasteiger charge is -2.13. The molecule has 1 aliphatic rings. The van der Waals surface area contributed by atoms with Crippen LogP contribution in [0, 0.1) is 0 Å². The fourth-order valence-corrected chi connectivity index (χ4v) is 3.77. The Morgan fingerprint density at radius 1 is 1.12 bits per heavy atom. The van der Waals surface area contributed by atoms with Gasteiger partial charge in [-0.2, -0.15) is 0 Å². The molecule has 0 radical (unpaired) electrons. The fourth-order valence-electron chi connectivity index (χ4n) is 2.24. The first-order valence-electron chi connectivity index (χ1n) is 7.03. The van der Waals surface area contributed by atoms with E-state index in [1.807, 2.05) is 0 Å². The molecule has 0 bridgehead atoms. The van der Waals surface area contributed by atoms with Gasteiger partial charge in [0.2, 0.25) is 0 Å². The quantitative estimate of drug-likeness (QED) is 0.599. The van der Waals surface area contributed by atoms with Gasteiger partial charge in [-0.3, -0.25) is 14.5 Å². The van der Waals surface area contributed by atoms with Crippen molar-refractivity contribution in [3.63, 3.8) is 0 Å². The van der Waals surface area contributed by atoms with Gasteiger partial charge in [-0.15, -0.1) is 0 Å². The van der Waals surface area contributed by atoms with Gasteiger partial charge in [-0.05, 0) is 53.7 Å². The van der Waals surface area contributed by atoms with E-state index >= 15 is 0 Å². The maximum Gasteiger partial charge on any atom is 0.293 e. The molecule has 1 fully saturated rings. The SMILES string of the molecule is O=C1S/C(=C\c2cc(Br)ccc2O)C(=O)N1Cc1ccc(Cl)c(Cl)c1. The number of hydrogen-bond donors (Lipinski definition) is 1. The first-order valence-corrected chi connectivity index (χ1v) is 9.39. The third-order valence-corrected chi connectivity index (χ3v) is 5.61. The van der Waals surface area contributed by atoms with Crippen LogP contribution in [0.2, 0.25) is 10.0 Å². The average molecular weight is 459 g/mol. The van der Waals surface area contributed by atoms with Crippen molar-refractivity contribution in [1.29, 1.82) is 0 Å². The molecular formula is C17H10BrCl2NO3S.